The van der Waals surface area contributed by atoms with Crippen LogP contribution in [0.3, 0.4) is 0 Å². The summed E-state index contributed by atoms with van der Waals surface area (Å²) in [5, 5.41) is 8.19. The third-order valence-corrected chi connectivity index (χ3v) is 2.21. The smallest absolute Gasteiger partial charge is 0.450 e. The third-order valence-electron chi connectivity index (χ3n) is 2.21. The van der Waals surface area contributed by atoms with Gasteiger partial charge in [-0.05, 0) is 6.42 Å². The molecule has 0 spiro atoms. The quantitative estimate of drug-likeness (QED) is 0.362. The van der Waals surface area contributed by atoms with Crippen LogP contribution in [0.5, 0.6) is 0 Å². The summed E-state index contributed by atoms with van der Waals surface area (Å²) in [4.78, 5) is 10.0. The lowest BCUT2D eigenvalue weighted by molar-refractivity contribution is -0.00885. The Bertz CT molecular complexity index is 211. The highest BCUT2D eigenvalue weighted by atomic mass is 16.7. The van der Waals surface area contributed by atoms with Gasteiger partial charge in [-0.15, -0.1) is 0 Å². The van der Waals surface area contributed by atoms with Crippen LogP contribution < -0.4 is 0 Å². The molecule has 0 aromatic rings. The van der Waals surface area contributed by atoms with Crippen molar-refractivity contribution in [1.82, 2.24) is 0 Å². The summed E-state index contributed by atoms with van der Waals surface area (Å²) in [6, 6.07) is 0. The normalized spacial score (nSPS) is 10.7. The molecule has 0 saturated carbocycles. The minimum absolute atomic E-state index is 0.0382. The maximum atomic E-state index is 10.0. The molecule has 0 aliphatic carbocycles. The fourth-order valence-corrected chi connectivity index (χ4v) is 1.20. The van der Waals surface area contributed by atoms with E-state index in [1.807, 2.05) is 0 Å². The van der Waals surface area contributed by atoms with Gasteiger partial charge in [0.05, 0.1) is 46.2 Å². The van der Waals surface area contributed by atoms with Gasteiger partial charge >= 0.3 is 6.16 Å². The Morgan fingerprint density at radius 1 is 0.750 bits per heavy atom. The molecule has 0 aromatic carbocycles. The lowest BCUT2D eigenvalue weighted by Gasteiger charge is -2.07. The van der Waals surface area contributed by atoms with E-state index in [0.717, 1.165) is 19.4 Å². The Morgan fingerprint density at radius 3 is 1.55 bits per heavy atom. The predicted octanol–water partition coefficient (Wildman–Crippen LogP) is 1.55. The van der Waals surface area contributed by atoms with Crippen molar-refractivity contribution in [3.63, 3.8) is 0 Å². The van der Waals surface area contributed by atoms with Crippen molar-refractivity contribution >= 4 is 6.16 Å². The number of ether oxygens (including phenoxy) is 5. The number of carbonyl (C=O) groups is 1. The van der Waals surface area contributed by atoms with Gasteiger partial charge in [0.1, 0.15) is 6.61 Å². The lowest BCUT2D eigenvalue weighted by Crippen LogP contribution is -2.14. The molecule has 0 aliphatic rings. The molecule has 0 rings (SSSR count). The first-order valence-corrected chi connectivity index (χ1v) is 6.94. The second-order valence-electron chi connectivity index (χ2n) is 3.92. The van der Waals surface area contributed by atoms with Crippen molar-refractivity contribution in [3.05, 3.63) is 0 Å². The van der Waals surface area contributed by atoms with Gasteiger partial charge in [0, 0.05) is 6.61 Å². The van der Waals surface area contributed by atoms with Crippen LogP contribution in [0.1, 0.15) is 19.8 Å². The van der Waals surface area contributed by atoms with Crippen LogP contribution in [-0.4, -0.2) is 70.7 Å². The molecule has 0 atom stereocenters. The standard InChI is InChI=1S/C13H26O7/c1-2-3-4-16-5-6-17-7-8-18-9-10-19-11-12-20-13(14)15/h2-12H2,1H3,(H,14,15). The number of hydrogen-bond donors (Lipinski definition) is 1. The van der Waals surface area contributed by atoms with E-state index in [1.54, 1.807) is 0 Å². The Hall–Kier alpha value is -0.890. The van der Waals surface area contributed by atoms with Crippen LogP contribution in [0.2, 0.25) is 0 Å². The van der Waals surface area contributed by atoms with Gasteiger partial charge in [-0.1, -0.05) is 13.3 Å². The Morgan fingerprint density at radius 2 is 1.15 bits per heavy atom. The molecule has 0 amide bonds. The molecule has 20 heavy (non-hydrogen) atoms. The van der Waals surface area contributed by atoms with Crippen LogP contribution >= 0.6 is 0 Å². The summed E-state index contributed by atoms with van der Waals surface area (Å²) in [6.07, 6.45) is 0.931. The van der Waals surface area contributed by atoms with Crippen molar-refractivity contribution in [2.75, 3.05) is 59.5 Å². The zero-order chi connectivity index (χ0) is 14.9. The molecule has 120 valence electrons. The van der Waals surface area contributed by atoms with Crippen molar-refractivity contribution in [2.24, 2.45) is 0 Å². The van der Waals surface area contributed by atoms with Crippen LogP contribution in [-0.2, 0) is 23.7 Å². The molecule has 0 saturated heterocycles. The van der Waals surface area contributed by atoms with Crippen LogP contribution in [0.15, 0.2) is 0 Å². The van der Waals surface area contributed by atoms with Gasteiger partial charge < -0.3 is 28.8 Å². The average Bonchev–Trinajstić information content (AvgIpc) is 2.43. The second-order valence-corrected chi connectivity index (χ2v) is 3.92. The first kappa shape index (κ1) is 19.1. The highest BCUT2D eigenvalue weighted by Gasteiger charge is 1.96. The zero-order valence-corrected chi connectivity index (χ0v) is 12.2. The zero-order valence-electron chi connectivity index (χ0n) is 12.2. The molecule has 0 unspecified atom stereocenters. The predicted molar refractivity (Wildman–Crippen MR) is 72.2 cm³/mol. The van der Waals surface area contributed by atoms with E-state index < -0.39 is 6.16 Å². The molecular formula is C13H26O7. The molecule has 0 fully saturated rings. The third kappa shape index (κ3) is 17.1. The monoisotopic (exact) mass is 294 g/mol. The minimum Gasteiger partial charge on any atom is -0.450 e. The van der Waals surface area contributed by atoms with Gasteiger partial charge in [-0.3, -0.25) is 0 Å². The average molecular weight is 294 g/mol. The fraction of sp³-hybridized carbons (Fsp3) is 0.923. The molecule has 0 aliphatic heterocycles. The topological polar surface area (TPSA) is 83.5 Å². The van der Waals surface area contributed by atoms with E-state index in [4.69, 9.17) is 24.1 Å². The van der Waals surface area contributed by atoms with Crippen molar-refractivity contribution in [2.45, 2.75) is 19.8 Å². The van der Waals surface area contributed by atoms with E-state index in [2.05, 4.69) is 11.7 Å². The molecule has 0 heterocycles. The highest BCUT2D eigenvalue weighted by molar-refractivity contribution is 5.56. The van der Waals surface area contributed by atoms with Crippen LogP contribution in [0.4, 0.5) is 4.79 Å². The number of hydrogen-bond acceptors (Lipinski definition) is 6. The van der Waals surface area contributed by atoms with Crippen LogP contribution in [0, 0.1) is 0 Å². The van der Waals surface area contributed by atoms with E-state index in [0.29, 0.717) is 39.6 Å². The largest absolute Gasteiger partial charge is 0.505 e. The van der Waals surface area contributed by atoms with E-state index in [1.165, 1.54) is 0 Å². The van der Waals surface area contributed by atoms with Gasteiger partial charge in [0.25, 0.3) is 0 Å². The maximum Gasteiger partial charge on any atom is 0.505 e. The Labute approximate surface area is 120 Å². The highest BCUT2D eigenvalue weighted by Crippen LogP contribution is 1.88. The van der Waals surface area contributed by atoms with Gasteiger partial charge in [0.2, 0.25) is 0 Å². The molecule has 1 N–H and O–H groups in total. The van der Waals surface area contributed by atoms with E-state index in [-0.39, 0.29) is 13.2 Å². The number of carboxylic acid groups (broad SMARTS) is 1. The molecule has 0 radical (unpaired) electrons. The fourth-order valence-electron chi connectivity index (χ4n) is 1.20. The SMILES string of the molecule is CCCCOCCOCCOCCOCCOC(=O)O. The van der Waals surface area contributed by atoms with E-state index in [9.17, 15) is 4.79 Å². The maximum absolute atomic E-state index is 10.0. The molecule has 0 aromatic heterocycles. The van der Waals surface area contributed by atoms with Crippen molar-refractivity contribution in [1.29, 1.82) is 0 Å². The summed E-state index contributed by atoms with van der Waals surface area (Å²) in [6.45, 7) is 6.27. The summed E-state index contributed by atoms with van der Waals surface area (Å²) in [5.41, 5.74) is 0. The van der Waals surface area contributed by atoms with Crippen LogP contribution in [0.25, 0.3) is 0 Å². The van der Waals surface area contributed by atoms with Crippen molar-refractivity contribution < 1.29 is 33.6 Å². The summed E-state index contributed by atoms with van der Waals surface area (Å²) >= 11 is 0. The number of unbranched alkanes of at least 4 members (excludes halogenated alkanes) is 1. The summed E-state index contributed by atoms with van der Waals surface area (Å²) in [7, 11) is 0. The van der Waals surface area contributed by atoms with Crippen molar-refractivity contribution in [3.8, 4) is 0 Å². The van der Waals surface area contributed by atoms with Gasteiger partial charge in [-0.2, -0.15) is 0 Å². The van der Waals surface area contributed by atoms with Gasteiger partial charge in [0.15, 0.2) is 0 Å². The first-order chi connectivity index (χ1) is 9.77. The molecular weight excluding hydrogens is 268 g/mol. The Kier molecular flexibility index (Phi) is 15.4. The van der Waals surface area contributed by atoms with Gasteiger partial charge in [-0.25, -0.2) is 4.79 Å². The lowest BCUT2D eigenvalue weighted by atomic mass is 10.4. The summed E-state index contributed by atoms with van der Waals surface area (Å²) < 4.78 is 25.3. The first-order valence-electron chi connectivity index (χ1n) is 6.94. The molecule has 7 heteroatoms. The molecule has 7 nitrogen and oxygen atoms in total. The minimum atomic E-state index is -1.29. The second kappa shape index (κ2) is 16.2. The Balaban J connectivity index is 2.94. The molecule has 0 bridgehead atoms. The number of rotatable bonds is 15. The van der Waals surface area contributed by atoms with E-state index >= 15 is 0 Å². The summed E-state index contributed by atoms with van der Waals surface area (Å²) in [5.74, 6) is 0.